The van der Waals surface area contributed by atoms with Gasteiger partial charge in [-0.1, -0.05) is 17.7 Å². The highest BCUT2D eigenvalue weighted by Crippen LogP contribution is 2.65. The van der Waals surface area contributed by atoms with Crippen LogP contribution in [0.2, 0.25) is 5.02 Å². The molecule has 2 bridgehead atoms. The second-order valence-corrected chi connectivity index (χ2v) is 13.5. The summed E-state index contributed by atoms with van der Waals surface area (Å²) in [6, 6.07) is 10.5. The molecule has 1 aromatic heterocycles. The number of hydrogen-bond acceptors (Lipinski definition) is 7. The normalized spacial score (nSPS) is 30.1. The third kappa shape index (κ3) is 3.74. The Morgan fingerprint density at radius 3 is 2.73 bits per heavy atom. The molecule has 1 saturated heterocycles. The van der Waals surface area contributed by atoms with Gasteiger partial charge in [0.1, 0.15) is 6.10 Å². The molecule has 11 heteroatoms. The Kier molecular flexibility index (Phi) is 6.06. The summed E-state index contributed by atoms with van der Waals surface area (Å²) in [6.07, 6.45) is 6.93. The van der Waals surface area contributed by atoms with Gasteiger partial charge in [-0.15, -0.1) is 0 Å². The number of carbonyl (C=O) groups is 1. The van der Waals surface area contributed by atoms with Gasteiger partial charge in [0.05, 0.1) is 47.6 Å². The number of ether oxygens (including phenoxy) is 2. The molecule has 1 amide bonds. The third-order valence-corrected chi connectivity index (χ3v) is 11.5. The molecule has 4 aliphatic rings. The molecule has 9 nitrogen and oxygen atoms in total. The van der Waals surface area contributed by atoms with E-state index < -0.39 is 39.2 Å². The quantitative estimate of drug-likeness (QED) is 0.417. The van der Waals surface area contributed by atoms with Crippen molar-refractivity contribution in [1.29, 1.82) is 0 Å². The number of halogens is 1. The molecule has 5 atom stereocenters. The Morgan fingerprint density at radius 2 is 2.00 bits per heavy atom. The standard InChI is InChI=1S/C30H29ClN2O7S/c1-38-23-8-3-19-16-24-30(35)12-10-22(32-25(34)9-2-18-11-15-39-17-18)28-29(30,26(19)27(23)40-28)13-14-33(24)41(36,37)21-6-4-20(31)5-7-21/h2-9,11,15,17,22,24,28,35H,10,12-14,16H2,1H3,(H,32,34)/b9-2+/t22-,24-,28+,29+,30-/m1/s1. The van der Waals surface area contributed by atoms with E-state index in [1.54, 1.807) is 37.6 Å². The Morgan fingerprint density at radius 1 is 1.20 bits per heavy atom. The summed E-state index contributed by atoms with van der Waals surface area (Å²) in [5.74, 6) is 0.824. The number of sulfonamides is 1. The molecule has 2 aromatic carbocycles. The fourth-order valence-corrected chi connectivity index (χ4v) is 9.40. The van der Waals surface area contributed by atoms with E-state index in [9.17, 15) is 18.3 Å². The second kappa shape index (κ2) is 9.35. The minimum absolute atomic E-state index is 0.132. The molecule has 3 heterocycles. The lowest BCUT2D eigenvalue weighted by atomic mass is 9.48. The van der Waals surface area contributed by atoms with Gasteiger partial charge in [0.2, 0.25) is 15.9 Å². The zero-order valence-corrected chi connectivity index (χ0v) is 23.8. The van der Waals surface area contributed by atoms with Crippen LogP contribution in [0.4, 0.5) is 0 Å². The van der Waals surface area contributed by atoms with Gasteiger partial charge in [0.15, 0.2) is 11.5 Å². The molecule has 7 rings (SSSR count). The lowest BCUT2D eigenvalue weighted by molar-refractivity contribution is -0.177. The van der Waals surface area contributed by atoms with Crippen molar-refractivity contribution in [2.24, 2.45) is 0 Å². The highest BCUT2D eigenvalue weighted by molar-refractivity contribution is 7.89. The molecule has 1 saturated carbocycles. The van der Waals surface area contributed by atoms with E-state index in [4.69, 9.17) is 25.5 Å². The lowest BCUT2D eigenvalue weighted by Gasteiger charge is -2.63. The first kappa shape index (κ1) is 26.6. The maximum atomic E-state index is 13.9. The Balaban J connectivity index is 1.29. The molecular weight excluding hydrogens is 568 g/mol. The van der Waals surface area contributed by atoms with Crippen molar-refractivity contribution >= 4 is 33.6 Å². The fourth-order valence-electron chi connectivity index (χ4n) is 7.61. The van der Waals surface area contributed by atoms with Crippen molar-refractivity contribution in [3.63, 3.8) is 0 Å². The van der Waals surface area contributed by atoms with Crippen LogP contribution in [0.25, 0.3) is 6.08 Å². The van der Waals surface area contributed by atoms with Crippen molar-refractivity contribution in [2.45, 2.75) is 59.8 Å². The number of methoxy groups -OCH3 is 1. The third-order valence-electron chi connectivity index (χ3n) is 9.34. The van der Waals surface area contributed by atoms with E-state index in [2.05, 4.69) is 5.32 Å². The Hall–Kier alpha value is -3.31. The van der Waals surface area contributed by atoms with Crippen molar-refractivity contribution in [2.75, 3.05) is 13.7 Å². The molecule has 0 unspecified atom stereocenters. The van der Waals surface area contributed by atoms with Crippen LogP contribution < -0.4 is 14.8 Å². The molecule has 2 aliphatic heterocycles. The summed E-state index contributed by atoms with van der Waals surface area (Å²) < 4.78 is 46.7. The van der Waals surface area contributed by atoms with Gasteiger partial charge in [-0.05, 0) is 73.7 Å². The van der Waals surface area contributed by atoms with E-state index >= 15 is 0 Å². The van der Waals surface area contributed by atoms with Gasteiger partial charge in [-0.3, -0.25) is 4.79 Å². The number of benzene rings is 2. The number of nitrogens with zero attached hydrogens (tertiary/aromatic N) is 1. The number of amides is 1. The number of hydrogen-bond donors (Lipinski definition) is 2. The topological polar surface area (TPSA) is 118 Å². The van der Waals surface area contributed by atoms with E-state index in [0.29, 0.717) is 35.8 Å². The molecule has 2 N–H and O–H groups in total. The average molecular weight is 597 g/mol. The van der Waals surface area contributed by atoms with Crippen LogP contribution in [0.3, 0.4) is 0 Å². The minimum atomic E-state index is -3.94. The molecule has 41 heavy (non-hydrogen) atoms. The number of aliphatic hydroxyl groups is 1. The maximum Gasteiger partial charge on any atom is 0.244 e. The first-order valence-electron chi connectivity index (χ1n) is 13.6. The van der Waals surface area contributed by atoms with E-state index in [-0.39, 0.29) is 23.8 Å². The average Bonchev–Trinajstić information content (AvgIpc) is 3.59. The minimum Gasteiger partial charge on any atom is -0.493 e. The van der Waals surface area contributed by atoms with Gasteiger partial charge in [-0.25, -0.2) is 8.42 Å². The van der Waals surface area contributed by atoms with Crippen molar-refractivity contribution in [1.82, 2.24) is 9.62 Å². The number of carbonyl (C=O) groups excluding carboxylic acids is 1. The monoisotopic (exact) mass is 596 g/mol. The zero-order valence-electron chi connectivity index (χ0n) is 22.2. The van der Waals surface area contributed by atoms with E-state index in [0.717, 1.165) is 16.7 Å². The van der Waals surface area contributed by atoms with Gasteiger partial charge < -0.3 is 24.3 Å². The van der Waals surface area contributed by atoms with Gasteiger partial charge >= 0.3 is 0 Å². The Labute approximate surface area is 242 Å². The van der Waals surface area contributed by atoms with Crippen molar-refractivity contribution < 1.29 is 32.2 Å². The summed E-state index contributed by atoms with van der Waals surface area (Å²) in [6.45, 7) is 0.189. The van der Waals surface area contributed by atoms with Gasteiger partial charge in [0, 0.05) is 28.8 Å². The molecule has 2 fully saturated rings. The van der Waals surface area contributed by atoms with Crippen molar-refractivity contribution in [3.05, 3.63) is 82.8 Å². The molecule has 3 aromatic rings. The summed E-state index contributed by atoms with van der Waals surface area (Å²) >= 11 is 6.03. The number of piperidine rings is 1. The first-order chi connectivity index (χ1) is 19.7. The van der Waals surface area contributed by atoms with Gasteiger partial charge in [-0.2, -0.15) is 4.31 Å². The smallest absolute Gasteiger partial charge is 0.244 e. The highest BCUT2D eigenvalue weighted by atomic mass is 35.5. The Bertz CT molecular complexity index is 1660. The predicted octanol–water partition coefficient (Wildman–Crippen LogP) is 3.68. The SMILES string of the molecule is COc1ccc2c3c1O[C@H]1[C@H](NC(=O)/C=C/c4ccoc4)CC[C@@]4(O)[C@@H](C2)N(S(=O)(=O)c2ccc(Cl)cc2)CC[C@]314. The van der Waals surface area contributed by atoms with Crippen LogP contribution in [0.1, 0.15) is 36.0 Å². The van der Waals surface area contributed by atoms with Crippen molar-refractivity contribution in [3.8, 4) is 11.5 Å². The lowest BCUT2D eigenvalue weighted by Crippen LogP contribution is -2.78. The second-order valence-electron chi connectivity index (χ2n) is 11.1. The summed E-state index contributed by atoms with van der Waals surface area (Å²) in [7, 11) is -2.37. The predicted molar refractivity (Wildman–Crippen MR) is 150 cm³/mol. The van der Waals surface area contributed by atoms with Crippen LogP contribution in [-0.2, 0) is 26.7 Å². The van der Waals surface area contributed by atoms with E-state index in [1.165, 1.54) is 28.8 Å². The summed E-state index contributed by atoms with van der Waals surface area (Å²) in [4.78, 5) is 13.1. The van der Waals surface area contributed by atoms with Crippen LogP contribution in [0.15, 0.2) is 70.4 Å². The molecule has 214 valence electrons. The molecular formula is C30H29ClN2O7S. The van der Waals surface area contributed by atoms with Crippen LogP contribution in [0, 0.1) is 0 Å². The summed E-state index contributed by atoms with van der Waals surface area (Å²) in [5.41, 5.74) is 0.206. The van der Waals surface area contributed by atoms with E-state index in [1.807, 2.05) is 12.1 Å². The maximum absolute atomic E-state index is 13.9. The molecule has 2 aliphatic carbocycles. The zero-order chi connectivity index (χ0) is 28.6. The number of nitrogens with one attached hydrogen (secondary N) is 1. The fraction of sp³-hybridized carbons (Fsp3) is 0.367. The molecule has 1 spiro atoms. The van der Waals surface area contributed by atoms with Crippen LogP contribution in [-0.4, -0.2) is 61.2 Å². The van der Waals surface area contributed by atoms with Crippen LogP contribution in [0.5, 0.6) is 11.5 Å². The largest absolute Gasteiger partial charge is 0.493 e. The number of rotatable bonds is 6. The highest BCUT2D eigenvalue weighted by Gasteiger charge is 2.74. The van der Waals surface area contributed by atoms with Gasteiger partial charge in [0.25, 0.3) is 0 Å². The molecule has 0 radical (unpaired) electrons. The van der Waals surface area contributed by atoms with Crippen LogP contribution >= 0.6 is 11.6 Å². The first-order valence-corrected chi connectivity index (χ1v) is 15.4. The summed E-state index contributed by atoms with van der Waals surface area (Å²) in [5, 5.41) is 16.2. The number of furan rings is 1.